The van der Waals surface area contributed by atoms with Crippen LogP contribution in [-0.2, 0) is 46.7 Å². The number of sulfone groups is 1. The number of urea groups is 1. The Bertz CT molecular complexity index is 1980. The second-order valence-electron chi connectivity index (χ2n) is 20.7. The van der Waals surface area contributed by atoms with Crippen molar-refractivity contribution in [3.05, 3.63) is 48.0 Å². The van der Waals surface area contributed by atoms with Crippen LogP contribution in [-0.4, -0.2) is 101 Å². The number of nitrogens with zero attached hydrogens (tertiary/aromatic N) is 2. The summed E-state index contributed by atoms with van der Waals surface area (Å²) >= 11 is 0. The predicted molar refractivity (Wildman–Crippen MR) is 241 cm³/mol. The molecule has 3 saturated carbocycles. The van der Waals surface area contributed by atoms with Gasteiger partial charge in [-0.2, -0.15) is 0 Å². The third-order valence-electron chi connectivity index (χ3n) is 14.9. The van der Waals surface area contributed by atoms with Crippen LogP contribution in [0.2, 0.25) is 0 Å². The van der Waals surface area contributed by atoms with Gasteiger partial charge in [-0.05, 0) is 88.2 Å². The summed E-state index contributed by atoms with van der Waals surface area (Å²) in [6.45, 7) is 11.4. The number of rotatable bonds is 17. The Morgan fingerprint density at radius 2 is 1.59 bits per heavy atom. The fraction of sp³-hybridized carbons (Fsp3) is 0.714. The van der Waals surface area contributed by atoms with Crippen LogP contribution in [0.5, 0.6) is 0 Å². The highest BCUT2D eigenvalue weighted by molar-refractivity contribution is 7.92. The third-order valence-corrected chi connectivity index (χ3v) is 17.7. The van der Waals surface area contributed by atoms with E-state index in [4.69, 9.17) is 4.74 Å². The van der Waals surface area contributed by atoms with Gasteiger partial charge < -0.3 is 25.2 Å². The van der Waals surface area contributed by atoms with Crippen molar-refractivity contribution in [2.24, 2.45) is 17.3 Å². The maximum absolute atomic E-state index is 15.3. The average Bonchev–Trinajstić information content (AvgIpc) is 3.65. The molecule has 0 aromatic heterocycles. The first-order valence-electron chi connectivity index (χ1n) is 23.7. The van der Waals surface area contributed by atoms with Crippen LogP contribution in [0.15, 0.2) is 36.9 Å². The molecule has 1 aromatic carbocycles. The van der Waals surface area contributed by atoms with Crippen molar-refractivity contribution in [2.75, 3.05) is 18.8 Å². The number of amides is 4. The average molecular weight is 893 g/mol. The van der Waals surface area contributed by atoms with Gasteiger partial charge in [-0.25, -0.2) is 18.0 Å². The summed E-state index contributed by atoms with van der Waals surface area (Å²) in [5.41, 5.74) is 0.484. The van der Waals surface area contributed by atoms with E-state index in [1.165, 1.54) is 10.5 Å². The molecule has 5 aliphatic rings. The van der Waals surface area contributed by atoms with Gasteiger partial charge in [0.05, 0.1) is 28.6 Å². The van der Waals surface area contributed by atoms with E-state index in [2.05, 4.69) is 17.2 Å². The lowest BCUT2D eigenvalue weighted by molar-refractivity contribution is -0.144. The summed E-state index contributed by atoms with van der Waals surface area (Å²) in [4.78, 5) is 88.0. The molecule has 4 atom stereocenters. The number of allylic oxidation sites excluding steroid dienone is 1. The number of benzene rings is 1. The van der Waals surface area contributed by atoms with Crippen LogP contribution in [0.1, 0.15) is 154 Å². The Hall–Kier alpha value is -4.07. The molecule has 2 aliphatic heterocycles. The minimum atomic E-state index is -3.63. The normalized spacial score (nSPS) is 23.3. The van der Waals surface area contributed by atoms with Crippen molar-refractivity contribution in [3.63, 3.8) is 0 Å². The van der Waals surface area contributed by atoms with Crippen LogP contribution in [0.25, 0.3) is 0 Å². The molecule has 63 heavy (non-hydrogen) atoms. The zero-order valence-corrected chi connectivity index (χ0v) is 39.0. The van der Waals surface area contributed by atoms with E-state index >= 15 is 4.79 Å². The highest BCUT2D eigenvalue weighted by Gasteiger charge is 2.50. The van der Waals surface area contributed by atoms with Gasteiger partial charge in [0.25, 0.3) is 0 Å². The fourth-order valence-electron chi connectivity index (χ4n) is 10.5. The molecule has 14 heteroatoms. The monoisotopic (exact) mass is 893 g/mol. The van der Waals surface area contributed by atoms with Gasteiger partial charge in [0.15, 0.2) is 21.4 Å². The lowest BCUT2D eigenvalue weighted by atomic mass is 9.70. The molecule has 2 heterocycles. The Labute approximate surface area is 375 Å². The first kappa shape index (κ1) is 48.4. The zero-order chi connectivity index (χ0) is 45.6. The van der Waals surface area contributed by atoms with Gasteiger partial charge in [0.1, 0.15) is 12.1 Å². The summed E-state index contributed by atoms with van der Waals surface area (Å²) in [6.07, 6.45) is 11.6. The number of hydrogen-bond acceptors (Lipinski definition) is 9. The summed E-state index contributed by atoms with van der Waals surface area (Å²) in [5.74, 6) is -2.80. The smallest absolute Gasteiger partial charge is 0.410 e. The molecule has 4 fully saturated rings. The highest BCUT2D eigenvalue weighted by atomic mass is 32.2. The second kappa shape index (κ2) is 20.4. The van der Waals surface area contributed by atoms with E-state index in [9.17, 15) is 32.4 Å². The van der Waals surface area contributed by atoms with Gasteiger partial charge in [-0.1, -0.05) is 95.1 Å². The van der Waals surface area contributed by atoms with Crippen molar-refractivity contribution < 1.29 is 41.9 Å². The number of ketones is 3. The van der Waals surface area contributed by atoms with E-state index in [-0.39, 0.29) is 43.3 Å². The maximum Gasteiger partial charge on any atom is 0.410 e. The van der Waals surface area contributed by atoms with Gasteiger partial charge in [0.2, 0.25) is 11.7 Å². The molecule has 3 aliphatic carbocycles. The number of fused-ring (bicyclic) bond motifs is 1. The number of hydrogen-bond donors (Lipinski definition) is 2. The molecule has 0 bridgehead atoms. The number of carbonyl (C=O) groups is 6. The van der Waals surface area contributed by atoms with Crippen LogP contribution in [0.3, 0.4) is 0 Å². The first-order chi connectivity index (χ1) is 29.8. The Morgan fingerprint density at radius 1 is 0.937 bits per heavy atom. The van der Waals surface area contributed by atoms with Crippen molar-refractivity contribution in [1.29, 1.82) is 0 Å². The van der Waals surface area contributed by atoms with E-state index < -0.39 is 79.2 Å². The van der Waals surface area contributed by atoms with Crippen molar-refractivity contribution >= 4 is 45.2 Å². The molecule has 1 saturated heterocycles. The molecule has 13 nitrogen and oxygen atoms in total. The lowest BCUT2D eigenvalue weighted by Crippen LogP contribution is -2.64. The third kappa shape index (κ3) is 11.8. The summed E-state index contributed by atoms with van der Waals surface area (Å²) < 4.78 is 32.3. The maximum atomic E-state index is 15.3. The molecular formula is C49H72N4O9S. The van der Waals surface area contributed by atoms with Gasteiger partial charge in [-0.15, -0.1) is 6.58 Å². The first-order valence-corrected chi connectivity index (χ1v) is 25.3. The van der Waals surface area contributed by atoms with Gasteiger partial charge in [-0.3, -0.25) is 19.2 Å². The molecule has 1 aromatic rings. The molecule has 6 rings (SSSR count). The lowest BCUT2D eigenvalue weighted by Gasteiger charge is -2.44. The Kier molecular flexibility index (Phi) is 15.7. The van der Waals surface area contributed by atoms with Crippen molar-refractivity contribution in [2.45, 2.75) is 185 Å². The van der Waals surface area contributed by atoms with Crippen LogP contribution < -0.4 is 10.6 Å². The number of carbonyl (C=O) groups excluding carboxylic acids is 6. The number of Topliss-reactive ketones (excluding diaryl/α,β-unsaturated/α-hetero) is 3. The van der Waals surface area contributed by atoms with Crippen LogP contribution in [0.4, 0.5) is 9.59 Å². The predicted octanol–water partition coefficient (Wildman–Crippen LogP) is 7.58. The second-order valence-corrected chi connectivity index (χ2v) is 23.4. The van der Waals surface area contributed by atoms with Crippen molar-refractivity contribution in [1.82, 2.24) is 20.4 Å². The van der Waals surface area contributed by atoms with E-state index in [1.807, 2.05) is 31.2 Å². The number of ether oxygens (including phenoxy) is 1. The Morgan fingerprint density at radius 3 is 2.21 bits per heavy atom. The van der Waals surface area contributed by atoms with E-state index in [0.29, 0.717) is 58.0 Å². The summed E-state index contributed by atoms with van der Waals surface area (Å²) in [6, 6.07) is 5.14. The molecule has 2 N–H and O–H groups in total. The molecule has 0 spiro atoms. The minimum Gasteiger partial charge on any atom is -0.444 e. The number of likely N-dealkylation sites (tertiary alicyclic amines) is 1. The molecule has 0 radical (unpaired) electrons. The largest absolute Gasteiger partial charge is 0.444 e. The number of nitrogens with one attached hydrogen (secondary N) is 2. The van der Waals surface area contributed by atoms with Crippen LogP contribution in [0, 0.1) is 17.3 Å². The minimum absolute atomic E-state index is 0.0128. The molecule has 1 unspecified atom stereocenters. The topological polar surface area (TPSA) is 176 Å². The molecule has 4 amide bonds. The molecule has 348 valence electrons. The van der Waals surface area contributed by atoms with Gasteiger partial charge in [0, 0.05) is 38.3 Å². The highest BCUT2D eigenvalue weighted by Crippen LogP contribution is 2.41. The van der Waals surface area contributed by atoms with E-state index in [1.54, 1.807) is 31.7 Å². The molecular weight excluding hydrogens is 821 g/mol. The van der Waals surface area contributed by atoms with Gasteiger partial charge >= 0.3 is 12.1 Å². The zero-order valence-electron chi connectivity index (χ0n) is 38.2. The fourth-order valence-corrected chi connectivity index (χ4v) is 12.1. The Balaban J connectivity index is 1.28. The van der Waals surface area contributed by atoms with E-state index in [0.717, 1.165) is 63.4 Å². The SMILES string of the molecule is C=CCCC(=O)C(=O)C(CC(=O)[C@@H]1C[C@@H](OC(=O)N2CCc3ccccc3C2)CN1C(=O)[C@@H](NC(=O)NC1(CS(=O)(=O)C(C)(C)C)CCCCC1)C1(C)CCCCC1)CC1CCC1. The quantitative estimate of drug-likeness (QED) is 0.118. The van der Waals surface area contributed by atoms with Crippen molar-refractivity contribution in [3.8, 4) is 0 Å². The standard InChI is InChI=1S/C49H72N4O9S/c1-6-7-21-40(54)42(56)37(28-34-17-16-18-34)29-41(55)39-30-38(62-46(59)52-27-22-35-19-10-11-20-36(35)31-52)32-53(39)44(57)43(48(5)23-12-8-13-24-48)50-45(58)51-49(25-14-9-15-26-49)33-63(60,61)47(2,3)4/h6,10-11,19-20,34,37-39,43H,1,7-9,12-18,21-33H2,2-5H3,(H2,50,51,58)/t37?,38-,39+,43-/m1/s1. The summed E-state index contributed by atoms with van der Waals surface area (Å²) in [7, 11) is -3.63. The van der Waals surface area contributed by atoms with Crippen LogP contribution >= 0.6 is 0 Å². The summed E-state index contributed by atoms with van der Waals surface area (Å²) in [5, 5.41) is 6.12.